The van der Waals surface area contributed by atoms with Gasteiger partial charge in [-0.05, 0) is 81.3 Å². The van der Waals surface area contributed by atoms with Crippen LogP contribution in [0, 0.1) is 0 Å². The molecule has 29 heavy (non-hydrogen) atoms. The lowest BCUT2D eigenvalue weighted by Crippen LogP contribution is -1.87. The lowest BCUT2D eigenvalue weighted by atomic mass is 9.96. The molecule has 0 aliphatic heterocycles. The molecular weight excluding hydrogens is 348 g/mol. The van der Waals surface area contributed by atoms with E-state index in [1.54, 1.807) is 0 Å². The van der Waals surface area contributed by atoms with Crippen LogP contribution in [0.15, 0.2) is 72.8 Å². The fourth-order valence-electron chi connectivity index (χ4n) is 4.29. The summed E-state index contributed by atoms with van der Waals surface area (Å²) in [5, 5.41) is 5.35. The van der Waals surface area contributed by atoms with Crippen molar-refractivity contribution in [1.29, 1.82) is 0 Å². The first-order chi connectivity index (χ1) is 14.3. The van der Waals surface area contributed by atoms with E-state index in [9.17, 15) is 0 Å². The fourth-order valence-corrected chi connectivity index (χ4v) is 4.29. The van der Waals surface area contributed by atoms with Crippen LogP contribution in [0.2, 0.25) is 0 Å². The number of aryl methyl sites for hydroxylation is 2. The minimum Gasteiger partial charge on any atom is -0.0654 e. The molecule has 148 valence electrons. The number of hydrogen-bond acceptors (Lipinski definition) is 0. The van der Waals surface area contributed by atoms with E-state index < -0.39 is 0 Å². The molecule has 0 saturated heterocycles. The highest BCUT2D eigenvalue weighted by molar-refractivity contribution is 5.99. The summed E-state index contributed by atoms with van der Waals surface area (Å²) in [6.45, 7) is 4.50. The van der Waals surface area contributed by atoms with Crippen LogP contribution >= 0.6 is 0 Å². The van der Waals surface area contributed by atoms with Gasteiger partial charge in [0, 0.05) is 0 Å². The molecule has 0 unspecified atom stereocenters. The summed E-state index contributed by atoms with van der Waals surface area (Å²) in [5.41, 5.74) is 5.49. The van der Waals surface area contributed by atoms with Crippen LogP contribution in [0.5, 0.6) is 0 Å². The quantitative estimate of drug-likeness (QED) is 0.212. The van der Waals surface area contributed by atoms with Gasteiger partial charge in [-0.15, -0.1) is 0 Å². The van der Waals surface area contributed by atoms with Gasteiger partial charge < -0.3 is 0 Å². The van der Waals surface area contributed by atoms with E-state index in [2.05, 4.69) is 86.6 Å². The Balaban J connectivity index is 1.60. The largest absolute Gasteiger partial charge is 0.0654 e. The molecule has 0 aromatic heterocycles. The van der Waals surface area contributed by atoms with Crippen LogP contribution in [-0.2, 0) is 12.8 Å². The van der Waals surface area contributed by atoms with E-state index >= 15 is 0 Å². The second kappa shape index (κ2) is 9.27. The van der Waals surface area contributed by atoms with Crippen LogP contribution in [0.4, 0.5) is 0 Å². The molecule has 0 saturated carbocycles. The molecule has 0 radical (unpaired) electrons. The van der Waals surface area contributed by atoms with E-state index in [1.165, 1.54) is 82.3 Å². The number of hydrogen-bond donors (Lipinski definition) is 0. The minimum absolute atomic E-state index is 1.16. The first-order valence-electron chi connectivity index (χ1n) is 11.3. The van der Waals surface area contributed by atoms with Crippen LogP contribution in [0.1, 0.15) is 57.1 Å². The van der Waals surface area contributed by atoms with E-state index in [4.69, 9.17) is 0 Å². The van der Waals surface area contributed by atoms with Crippen molar-refractivity contribution >= 4 is 21.5 Å². The Morgan fingerprint density at radius 1 is 0.448 bits per heavy atom. The number of rotatable bonds is 8. The molecule has 4 rings (SSSR count). The van der Waals surface area contributed by atoms with Crippen molar-refractivity contribution in [3.05, 3.63) is 83.9 Å². The van der Waals surface area contributed by atoms with E-state index in [1.807, 2.05) is 0 Å². The molecule has 0 atom stereocenters. The highest BCUT2D eigenvalue weighted by Gasteiger charge is 2.04. The third-order valence-electron chi connectivity index (χ3n) is 6.00. The SMILES string of the molecule is CCCCCCc1ccc2cc3cc(-c4ccc(CCC)cc4)ccc3cc2c1. The van der Waals surface area contributed by atoms with Gasteiger partial charge in [0.05, 0.1) is 0 Å². The summed E-state index contributed by atoms with van der Waals surface area (Å²) in [6, 6.07) is 27.6. The van der Waals surface area contributed by atoms with Gasteiger partial charge in [0.15, 0.2) is 0 Å². The predicted octanol–water partition coefficient (Wildman–Crippen LogP) is 8.74. The summed E-state index contributed by atoms with van der Waals surface area (Å²) in [4.78, 5) is 0. The van der Waals surface area contributed by atoms with Crippen LogP contribution in [-0.4, -0.2) is 0 Å². The topological polar surface area (TPSA) is 0 Å². The molecular formula is C29H32. The first kappa shape index (κ1) is 19.7. The molecule has 0 aliphatic rings. The fraction of sp³-hybridized carbons (Fsp3) is 0.310. The van der Waals surface area contributed by atoms with Gasteiger partial charge in [0.25, 0.3) is 0 Å². The van der Waals surface area contributed by atoms with Gasteiger partial charge in [-0.3, -0.25) is 0 Å². The van der Waals surface area contributed by atoms with Crippen molar-refractivity contribution in [3.63, 3.8) is 0 Å². The summed E-state index contributed by atoms with van der Waals surface area (Å²) in [7, 11) is 0. The van der Waals surface area contributed by atoms with Crippen molar-refractivity contribution in [2.75, 3.05) is 0 Å². The summed E-state index contributed by atoms with van der Waals surface area (Å²) in [5.74, 6) is 0. The van der Waals surface area contributed by atoms with Gasteiger partial charge in [0.1, 0.15) is 0 Å². The lowest BCUT2D eigenvalue weighted by molar-refractivity contribution is 0.667. The minimum atomic E-state index is 1.16. The average molecular weight is 381 g/mol. The van der Waals surface area contributed by atoms with Gasteiger partial charge in [-0.25, -0.2) is 0 Å². The lowest BCUT2D eigenvalue weighted by Gasteiger charge is -2.09. The second-order valence-corrected chi connectivity index (χ2v) is 8.35. The monoisotopic (exact) mass is 380 g/mol. The highest BCUT2D eigenvalue weighted by Crippen LogP contribution is 2.29. The van der Waals surface area contributed by atoms with Crippen molar-refractivity contribution in [1.82, 2.24) is 0 Å². The zero-order valence-corrected chi connectivity index (χ0v) is 17.9. The van der Waals surface area contributed by atoms with E-state index in [-0.39, 0.29) is 0 Å². The van der Waals surface area contributed by atoms with Gasteiger partial charge in [-0.1, -0.05) is 94.1 Å². The molecule has 0 fully saturated rings. The molecule has 0 amide bonds. The smallest absolute Gasteiger partial charge is 0.0171 e. The molecule has 0 bridgehead atoms. The van der Waals surface area contributed by atoms with Gasteiger partial charge >= 0.3 is 0 Å². The highest BCUT2D eigenvalue weighted by atomic mass is 14.1. The molecule has 4 aromatic carbocycles. The standard InChI is InChI=1S/C29H32/c1-3-5-6-7-9-23-12-15-26-21-29-19-25(16-17-27(29)20-28(26)18-23)24-13-10-22(8-4-2)11-14-24/h10-21H,3-9H2,1-2H3. The van der Waals surface area contributed by atoms with Crippen LogP contribution in [0.25, 0.3) is 32.7 Å². The van der Waals surface area contributed by atoms with Crippen LogP contribution in [0.3, 0.4) is 0 Å². The third kappa shape index (κ3) is 4.70. The van der Waals surface area contributed by atoms with E-state index in [0.717, 1.165) is 6.42 Å². The average Bonchev–Trinajstić information content (AvgIpc) is 2.76. The predicted molar refractivity (Wildman–Crippen MR) is 129 cm³/mol. The Morgan fingerprint density at radius 2 is 1.10 bits per heavy atom. The molecule has 4 aromatic rings. The maximum Gasteiger partial charge on any atom is -0.0171 e. The second-order valence-electron chi connectivity index (χ2n) is 8.35. The van der Waals surface area contributed by atoms with Crippen LogP contribution < -0.4 is 0 Å². The zero-order chi connectivity index (χ0) is 20.1. The van der Waals surface area contributed by atoms with Crippen molar-refractivity contribution < 1.29 is 0 Å². The molecule has 0 heterocycles. The molecule has 0 aliphatic carbocycles. The summed E-state index contributed by atoms with van der Waals surface area (Å²) in [6.07, 6.45) is 8.84. The Labute approximate surface area is 175 Å². The first-order valence-corrected chi connectivity index (χ1v) is 11.3. The molecule has 0 nitrogen and oxygen atoms in total. The summed E-state index contributed by atoms with van der Waals surface area (Å²) < 4.78 is 0. The van der Waals surface area contributed by atoms with Crippen molar-refractivity contribution in [2.24, 2.45) is 0 Å². The van der Waals surface area contributed by atoms with Crippen molar-refractivity contribution in [3.8, 4) is 11.1 Å². The normalized spacial score (nSPS) is 11.4. The third-order valence-corrected chi connectivity index (χ3v) is 6.00. The maximum absolute atomic E-state index is 2.39. The maximum atomic E-state index is 2.39. The number of benzene rings is 4. The molecule has 0 heteroatoms. The van der Waals surface area contributed by atoms with Gasteiger partial charge in [0.2, 0.25) is 0 Å². The van der Waals surface area contributed by atoms with E-state index in [0.29, 0.717) is 0 Å². The number of unbranched alkanes of at least 4 members (excludes halogenated alkanes) is 3. The summed E-state index contributed by atoms with van der Waals surface area (Å²) >= 11 is 0. The Bertz CT molecular complexity index is 1090. The molecule has 0 N–H and O–H groups in total. The molecule has 0 spiro atoms. The van der Waals surface area contributed by atoms with Crippen molar-refractivity contribution in [2.45, 2.75) is 58.8 Å². The Morgan fingerprint density at radius 3 is 1.83 bits per heavy atom. The Hall–Kier alpha value is -2.60. The zero-order valence-electron chi connectivity index (χ0n) is 17.9. The number of fused-ring (bicyclic) bond motifs is 2. The van der Waals surface area contributed by atoms with Gasteiger partial charge in [-0.2, -0.15) is 0 Å². The Kier molecular flexibility index (Phi) is 6.30.